The maximum atomic E-state index is 13.2. The Labute approximate surface area is 221 Å². The van der Waals surface area contributed by atoms with E-state index in [-0.39, 0.29) is 17.7 Å². The SMILES string of the molecule is CCC(=O)Nc1ccc(C)c(C2CCN(CCCNC(=O)C(c3ccccc3)c3ccccc3)CC2)c1. The molecule has 0 bridgehead atoms. The van der Waals surface area contributed by atoms with Crippen molar-refractivity contribution in [2.75, 3.05) is 31.5 Å². The zero-order chi connectivity index (χ0) is 26.0. The predicted octanol–water partition coefficient (Wildman–Crippen LogP) is 5.86. The monoisotopic (exact) mass is 497 g/mol. The van der Waals surface area contributed by atoms with Crippen LogP contribution in [0.5, 0.6) is 0 Å². The van der Waals surface area contributed by atoms with E-state index in [9.17, 15) is 9.59 Å². The lowest BCUT2D eigenvalue weighted by Gasteiger charge is -2.33. The van der Waals surface area contributed by atoms with Crippen molar-refractivity contribution in [1.82, 2.24) is 10.2 Å². The molecule has 5 heteroatoms. The van der Waals surface area contributed by atoms with Crippen molar-refractivity contribution < 1.29 is 9.59 Å². The van der Waals surface area contributed by atoms with Gasteiger partial charge in [0, 0.05) is 18.7 Å². The van der Waals surface area contributed by atoms with E-state index in [0.717, 1.165) is 55.7 Å². The number of carbonyl (C=O) groups is 2. The molecule has 5 nitrogen and oxygen atoms in total. The Morgan fingerprint density at radius 2 is 1.54 bits per heavy atom. The lowest BCUT2D eigenvalue weighted by atomic mass is 9.86. The number of carbonyl (C=O) groups excluding carboxylic acids is 2. The molecule has 3 aromatic carbocycles. The molecule has 1 heterocycles. The fourth-order valence-electron chi connectivity index (χ4n) is 5.28. The molecule has 0 saturated carbocycles. The second-order valence-electron chi connectivity index (χ2n) is 9.99. The van der Waals surface area contributed by atoms with E-state index < -0.39 is 0 Å². The van der Waals surface area contributed by atoms with Crippen molar-refractivity contribution in [3.8, 4) is 0 Å². The lowest BCUT2D eigenvalue weighted by Crippen LogP contribution is -2.36. The molecule has 1 aliphatic heterocycles. The van der Waals surface area contributed by atoms with Gasteiger partial charge in [-0.2, -0.15) is 0 Å². The largest absolute Gasteiger partial charge is 0.355 e. The van der Waals surface area contributed by atoms with E-state index in [1.54, 1.807) is 0 Å². The van der Waals surface area contributed by atoms with E-state index in [1.165, 1.54) is 11.1 Å². The zero-order valence-corrected chi connectivity index (χ0v) is 22.1. The second kappa shape index (κ2) is 13.2. The molecule has 0 spiro atoms. The molecule has 194 valence electrons. The molecule has 37 heavy (non-hydrogen) atoms. The predicted molar refractivity (Wildman–Crippen MR) is 151 cm³/mol. The van der Waals surface area contributed by atoms with Gasteiger partial charge in [0.05, 0.1) is 5.92 Å². The van der Waals surface area contributed by atoms with Gasteiger partial charge >= 0.3 is 0 Å². The van der Waals surface area contributed by atoms with Crippen molar-refractivity contribution in [2.45, 2.75) is 51.4 Å². The molecule has 0 radical (unpaired) electrons. The minimum absolute atomic E-state index is 0.0515. The Bertz CT molecular complexity index is 1120. The van der Waals surface area contributed by atoms with Crippen LogP contribution in [0.25, 0.3) is 0 Å². The summed E-state index contributed by atoms with van der Waals surface area (Å²) >= 11 is 0. The normalized spacial score (nSPS) is 14.5. The highest BCUT2D eigenvalue weighted by Gasteiger charge is 2.24. The third kappa shape index (κ3) is 7.30. The van der Waals surface area contributed by atoms with Crippen LogP contribution in [0.1, 0.15) is 66.7 Å². The maximum absolute atomic E-state index is 13.2. The number of rotatable bonds is 10. The molecule has 0 aromatic heterocycles. The maximum Gasteiger partial charge on any atom is 0.232 e. The minimum atomic E-state index is -0.292. The number of amides is 2. The second-order valence-corrected chi connectivity index (χ2v) is 9.99. The van der Waals surface area contributed by atoms with Gasteiger partial charge in [-0.1, -0.05) is 73.7 Å². The van der Waals surface area contributed by atoms with Crippen LogP contribution in [0.15, 0.2) is 78.9 Å². The Morgan fingerprint density at radius 3 is 2.14 bits per heavy atom. The van der Waals surface area contributed by atoms with Gasteiger partial charge in [-0.3, -0.25) is 9.59 Å². The van der Waals surface area contributed by atoms with Crippen molar-refractivity contribution >= 4 is 17.5 Å². The van der Waals surface area contributed by atoms with E-state index in [0.29, 0.717) is 18.9 Å². The van der Waals surface area contributed by atoms with Gasteiger partial charge in [-0.05, 0) is 86.1 Å². The summed E-state index contributed by atoms with van der Waals surface area (Å²) in [5.74, 6) is 0.336. The molecule has 2 amide bonds. The quantitative estimate of drug-likeness (QED) is 0.345. The van der Waals surface area contributed by atoms with Crippen LogP contribution in [0.2, 0.25) is 0 Å². The number of nitrogens with zero attached hydrogens (tertiary/aromatic N) is 1. The molecule has 1 fully saturated rings. The number of nitrogens with one attached hydrogen (secondary N) is 2. The first-order valence-corrected chi connectivity index (χ1v) is 13.6. The Hall–Kier alpha value is -3.44. The Kier molecular flexibility index (Phi) is 9.50. The molecule has 4 rings (SSSR count). The van der Waals surface area contributed by atoms with Crippen molar-refractivity contribution in [3.63, 3.8) is 0 Å². The van der Waals surface area contributed by atoms with Crippen LogP contribution in [0.3, 0.4) is 0 Å². The summed E-state index contributed by atoms with van der Waals surface area (Å²) < 4.78 is 0. The average molecular weight is 498 g/mol. The molecule has 0 aliphatic carbocycles. The fraction of sp³-hybridized carbons (Fsp3) is 0.375. The van der Waals surface area contributed by atoms with Crippen LogP contribution in [-0.2, 0) is 9.59 Å². The summed E-state index contributed by atoms with van der Waals surface area (Å²) in [5, 5.41) is 6.18. The van der Waals surface area contributed by atoms with E-state index in [4.69, 9.17) is 0 Å². The van der Waals surface area contributed by atoms with Crippen LogP contribution in [-0.4, -0.2) is 42.9 Å². The third-order valence-electron chi connectivity index (χ3n) is 7.39. The average Bonchev–Trinajstić information content (AvgIpc) is 2.94. The highest BCUT2D eigenvalue weighted by molar-refractivity contribution is 5.90. The van der Waals surface area contributed by atoms with Gasteiger partial charge in [-0.15, -0.1) is 0 Å². The number of anilines is 1. The standard InChI is InChI=1S/C32H39N3O2/c1-3-30(36)34-28-16-15-24(2)29(23-28)25-17-21-35(22-18-25)20-10-19-33-32(37)31(26-11-6-4-7-12-26)27-13-8-5-9-14-27/h4-9,11-16,23,25,31H,3,10,17-22H2,1-2H3,(H,33,37)(H,34,36). The highest BCUT2D eigenvalue weighted by atomic mass is 16.2. The fourth-order valence-corrected chi connectivity index (χ4v) is 5.28. The van der Waals surface area contributed by atoms with Gasteiger partial charge in [0.1, 0.15) is 0 Å². The molecule has 0 unspecified atom stereocenters. The zero-order valence-electron chi connectivity index (χ0n) is 22.1. The van der Waals surface area contributed by atoms with Crippen LogP contribution in [0.4, 0.5) is 5.69 Å². The topological polar surface area (TPSA) is 61.4 Å². The summed E-state index contributed by atoms with van der Waals surface area (Å²) in [5.41, 5.74) is 5.58. The van der Waals surface area contributed by atoms with Crippen LogP contribution >= 0.6 is 0 Å². The van der Waals surface area contributed by atoms with E-state index in [2.05, 4.69) is 34.6 Å². The number of hydrogen-bond donors (Lipinski definition) is 2. The first-order chi connectivity index (χ1) is 18.0. The number of hydrogen-bond acceptors (Lipinski definition) is 3. The van der Waals surface area contributed by atoms with Gasteiger partial charge < -0.3 is 15.5 Å². The first-order valence-electron chi connectivity index (χ1n) is 13.6. The van der Waals surface area contributed by atoms with E-state index >= 15 is 0 Å². The van der Waals surface area contributed by atoms with Crippen molar-refractivity contribution in [2.24, 2.45) is 0 Å². The molecular weight excluding hydrogens is 458 g/mol. The Morgan fingerprint density at radius 1 is 0.919 bits per heavy atom. The summed E-state index contributed by atoms with van der Waals surface area (Å²) in [6.07, 6.45) is 3.65. The van der Waals surface area contributed by atoms with Crippen molar-refractivity contribution in [1.29, 1.82) is 0 Å². The summed E-state index contributed by atoms with van der Waals surface area (Å²) in [4.78, 5) is 27.5. The molecule has 2 N–H and O–H groups in total. The highest BCUT2D eigenvalue weighted by Crippen LogP contribution is 2.32. The Balaban J connectivity index is 1.25. The molecular formula is C32H39N3O2. The van der Waals surface area contributed by atoms with Gasteiger partial charge in [-0.25, -0.2) is 0 Å². The summed E-state index contributed by atoms with van der Waals surface area (Å²) in [6, 6.07) is 26.3. The van der Waals surface area contributed by atoms with Gasteiger partial charge in [0.2, 0.25) is 11.8 Å². The third-order valence-corrected chi connectivity index (χ3v) is 7.39. The van der Waals surface area contributed by atoms with Crippen LogP contribution < -0.4 is 10.6 Å². The van der Waals surface area contributed by atoms with Crippen LogP contribution in [0, 0.1) is 6.92 Å². The van der Waals surface area contributed by atoms with Gasteiger partial charge in [0.15, 0.2) is 0 Å². The summed E-state index contributed by atoms with van der Waals surface area (Å²) in [7, 11) is 0. The van der Waals surface area contributed by atoms with E-state index in [1.807, 2.05) is 73.7 Å². The number of benzene rings is 3. The lowest BCUT2D eigenvalue weighted by molar-refractivity contribution is -0.121. The first kappa shape index (κ1) is 26.6. The number of likely N-dealkylation sites (tertiary alicyclic amines) is 1. The number of piperidine rings is 1. The molecule has 1 aliphatic rings. The molecule has 3 aromatic rings. The smallest absolute Gasteiger partial charge is 0.232 e. The van der Waals surface area contributed by atoms with Crippen molar-refractivity contribution in [3.05, 3.63) is 101 Å². The summed E-state index contributed by atoms with van der Waals surface area (Å²) in [6.45, 7) is 7.80. The minimum Gasteiger partial charge on any atom is -0.355 e. The van der Waals surface area contributed by atoms with Gasteiger partial charge in [0.25, 0.3) is 0 Å². The number of aryl methyl sites for hydroxylation is 1. The molecule has 1 saturated heterocycles. The molecule has 0 atom stereocenters.